The maximum atomic E-state index is 12.5. The third kappa shape index (κ3) is 3.56. The number of urea groups is 1. The molecular formula is C15H16BrN5O3. The summed E-state index contributed by atoms with van der Waals surface area (Å²) >= 11 is 3.34. The van der Waals surface area contributed by atoms with Crippen molar-refractivity contribution in [3.05, 3.63) is 35.2 Å². The van der Waals surface area contributed by atoms with Crippen LogP contribution < -0.4 is 5.32 Å². The van der Waals surface area contributed by atoms with Crippen molar-refractivity contribution in [1.29, 1.82) is 0 Å². The first-order valence-electron chi connectivity index (χ1n) is 7.49. The van der Waals surface area contributed by atoms with Crippen molar-refractivity contribution in [2.24, 2.45) is 5.92 Å². The van der Waals surface area contributed by atoms with Crippen LogP contribution in [0.4, 0.5) is 10.5 Å². The number of hydrogen-bond acceptors (Lipinski definition) is 4. The maximum absolute atomic E-state index is 12.5. The molecule has 2 aromatic heterocycles. The molecule has 1 aliphatic heterocycles. The molecule has 0 spiro atoms. The van der Waals surface area contributed by atoms with Crippen LogP contribution in [-0.4, -0.2) is 49.9 Å². The van der Waals surface area contributed by atoms with Crippen LogP contribution >= 0.6 is 15.9 Å². The van der Waals surface area contributed by atoms with Gasteiger partial charge in [-0.2, -0.15) is 5.10 Å². The number of aromatic nitrogens is 3. The van der Waals surface area contributed by atoms with Crippen LogP contribution in [0.5, 0.6) is 0 Å². The smallest absolute Gasteiger partial charge is 0.321 e. The first-order chi connectivity index (χ1) is 11.5. The van der Waals surface area contributed by atoms with Crippen LogP contribution in [0.1, 0.15) is 12.8 Å². The summed E-state index contributed by atoms with van der Waals surface area (Å²) in [4.78, 5) is 29.5. The van der Waals surface area contributed by atoms with Crippen LogP contribution in [0.15, 0.2) is 35.2 Å². The average Bonchev–Trinajstić information content (AvgIpc) is 3.09. The van der Waals surface area contributed by atoms with Crippen molar-refractivity contribution >= 4 is 33.6 Å². The molecule has 0 saturated carbocycles. The van der Waals surface area contributed by atoms with Gasteiger partial charge >= 0.3 is 12.0 Å². The van der Waals surface area contributed by atoms with Gasteiger partial charge < -0.3 is 15.3 Å². The Morgan fingerprint density at radius 2 is 2.25 bits per heavy atom. The summed E-state index contributed by atoms with van der Waals surface area (Å²) in [6.07, 6.45) is 6.24. The second-order valence-corrected chi connectivity index (χ2v) is 6.44. The van der Waals surface area contributed by atoms with E-state index in [4.69, 9.17) is 5.11 Å². The Kier molecular flexibility index (Phi) is 4.79. The number of likely N-dealkylation sites (tertiary alicyclic amines) is 1. The molecule has 9 heteroatoms. The van der Waals surface area contributed by atoms with Crippen molar-refractivity contribution < 1.29 is 14.7 Å². The summed E-state index contributed by atoms with van der Waals surface area (Å²) < 4.78 is 2.27. The lowest BCUT2D eigenvalue weighted by atomic mass is 9.99. The standard InChI is InChI=1S/C15H16BrN5O3/c16-11-7-12(13(17-8-11)21-6-2-4-18-21)19-15(24)20-5-1-3-10(9-20)14(22)23/h2,4,6-8,10H,1,3,5,9H2,(H,19,24)(H,22,23). The van der Waals surface area contributed by atoms with E-state index in [9.17, 15) is 9.59 Å². The van der Waals surface area contributed by atoms with Gasteiger partial charge in [-0.1, -0.05) is 0 Å². The van der Waals surface area contributed by atoms with Crippen LogP contribution in [-0.2, 0) is 4.79 Å². The zero-order chi connectivity index (χ0) is 17.1. The molecule has 126 valence electrons. The molecule has 8 nitrogen and oxygen atoms in total. The molecule has 2 N–H and O–H groups in total. The monoisotopic (exact) mass is 393 g/mol. The Bertz CT molecular complexity index is 750. The number of carbonyl (C=O) groups excluding carboxylic acids is 1. The second kappa shape index (κ2) is 7.00. The van der Waals surface area contributed by atoms with Crippen molar-refractivity contribution in [3.63, 3.8) is 0 Å². The van der Waals surface area contributed by atoms with Gasteiger partial charge in [-0.15, -0.1) is 0 Å². The minimum atomic E-state index is -0.867. The van der Waals surface area contributed by atoms with E-state index in [0.29, 0.717) is 30.9 Å². The molecule has 2 amide bonds. The van der Waals surface area contributed by atoms with Gasteiger partial charge in [0.15, 0.2) is 5.82 Å². The van der Waals surface area contributed by atoms with Crippen molar-refractivity contribution in [2.45, 2.75) is 12.8 Å². The SMILES string of the molecule is O=C(O)C1CCCN(C(=O)Nc2cc(Br)cnc2-n2cccn2)C1. The van der Waals surface area contributed by atoms with E-state index in [-0.39, 0.29) is 12.6 Å². The van der Waals surface area contributed by atoms with E-state index >= 15 is 0 Å². The lowest BCUT2D eigenvalue weighted by Gasteiger charge is -2.30. The van der Waals surface area contributed by atoms with Gasteiger partial charge in [0.2, 0.25) is 0 Å². The molecule has 3 rings (SSSR count). The highest BCUT2D eigenvalue weighted by atomic mass is 79.9. The van der Waals surface area contributed by atoms with Crippen LogP contribution in [0.25, 0.3) is 5.82 Å². The van der Waals surface area contributed by atoms with Crippen LogP contribution in [0.2, 0.25) is 0 Å². The average molecular weight is 394 g/mol. The minimum absolute atomic E-state index is 0.208. The first-order valence-corrected chi connectivity index (χ1v) is 8.28. The molecule has 1 unspecified atom stereocenters. The number of carboxylic acids is 1. The van der Waals surface area contributed by atoms with Gasteiger partial charge in [-0.05, 0) is 40.9 Å². The number of rotatable bonds is 3. The predicted octanol–water partition coefficient (Wildman–Crippen LogP) is 2.36. The van der Waals surface area contributed by atoms with E-state index in [1.807, 2.05) is 0 Å². The molecule has 0 bridgehead atoms. The fraction of sp³-hybridized carbons (Fsp3) is 0.333. The number of anilines is 1. The van der Waals surface area contributed by atoms with Crippen molar-refractivity contribution in [1.82, 2.24) is 19.7 Å². The Balaban J connectivity index is 1.79. The topological polar surface area (TPSA) is 100 Å². The van der Waals surface area contributed by atoms with Gasteiger partial charge in [0.1, 0.15) is 0 Å². The van der Waals surface area contributed by atoms with Crippen LogP contribution in [0.3, 0.4) is 0 Å². The van der Waals surface area contributed by atoms with Gasteiger partial charge in [0.05, 0.1) is 11.6 Å². The number of nitrogens with one attached hydrogen (secondary N) is 1. The molecule has 0 aromatic carbocycles. The second-order valence-electron chi connectivity index (χ2n) is 5.53. The van der Waals surface area contributed by atoms with E-state index in [2.05, 4.69) is 31.3 Å². The number of amides is 2. The molecule has 0 radical (unpaired) electrons. The van der Waals surface area contributed by atoms with E-state index in [1.165, 1.54) is 4.90 Å². The van der Waals surface area contributed by atoms with Gasteiger partial charge in [-0.3, -0.25) is 4.79 Å². The number of aliphatic carboxylic acids is 1. The number of pyridine rings is 1. The van der Waals surface area contributed by atoms with Gasteiger partial charge in [0.25, 0.3) is 0 Å². The molecule has 0 aliphatic carbocycles. The third-order valence-corrected chi connectivity index (χ3v) is 4.29. The molecule has 24 heavy (non-hydrogen) atoms. The van der Waals surface area contributed by atoms with E-state index in [1.54, 1.807) is 35.4 Å². The Morgan fingerprint density at radius 3 is 2.96 bits per heavy atom. The lowest BCUT2D eigenvalue weighted by Crippen LogP contribution is -2.44. The zero-order valence-electron chi connectivity index (χ0n) is 12.7. The maximum Gasteiger partial charge on any atom is 0.321 e. The summed E-state index contributed by atoms with van der Waals surface area (Å²) in [5.74, 6) is -0.895. The highest BCUT2D eigenvalue weighted by Gasteiger charge is 2.28. The van der Waals surface area contributed by atoms with E-state index in [0.717, 1.165) is 4.47 Å². The molecule has 1 atom stereocenters. The molecule has 2 aromatic rings. The molecule has 1 fully saturated rings. The normalized spacial score (nSPS) is 17.5. The number of hydrogen-bond donors (Lipinski definition) is 2. The summed E-state index contributed by atoms with van der Waals surface area (Å²) in [6.45, 7) is 0.744. The summed E-state index contributed by atoms with van der Waals surface area (Å²) in [5, 5.41) is 16.1. The highest BCUT2D eigenvalue weighted by molar-refractivity contribution is 9.10. The summed E-state index contributed by atoms with van der Waals surface area (Å²) in [5.41, 5.74) is 0.496. The zero-order valence-corrected chi connectivity index (χ0v) is 14.3. The predicted molar refractivity (Wildman–Crippen MR) is 90.0 cm³/mol. The Hall–Kier alpha value is -2.42. The Morgan fingerprint density at radius 1 is 1.42 bits per heavy atom. The number of nitrogens with zero attached hydrogens (tertiary/aromatic N) is 4. The fourth-order valence-corrected chi connectivity index (χ4v) is 2.99. The minimum Gasteiger partial charge on any atom is -0.481 e. The highest BCUT2D eigenvalue weighted by Crippen LogP contribution is 2.23. The van der Waals surface area contributed by atoms with Gasteiger partial charge in [-0.25, -0.2) is 14.5 Å². The third-order valence-electron chi connectivity index (χ3n) is 3.85. The molecule has 3 heterocycles. The summed E-state index contributed by atoms with van der Waals surface area (Å²) in [7, 11) is 0. The number of piperidine rings is 1. The van der Waals surface area contributed by atoms with Crippen LogP contribution in [0, 0.1) is 5.92 Å². The first kappa shape index (κ1) is 16.4. The number of halogens is 1. The largest absolute Gasteiger partial charge is 0.481 e. The van der Waals surface area contributed by atoms with Crippen molar-refractivity contribution in [2.75, 3.05) is 18.4 Å². The summed E-state index contributed by atoms with van der Waals surface area (Å²) in [6, 6.07) is 3.16. The fourth-order valence-electron chi connectivity index (χ4n) is 2.66. The number of carboxylic acid groups (broad SMARTS) is 1. The quantitative estimate of drug-likeness (QED) is 0.833. The van der Waals surface area contributed by atoms with E-state index < -0.39 is 11.9 Å². The number of carbonyl (C=O) groups is 2. The molecule has 1 aliphatic rings. The molecule has 1 saturated heterocycles. The lowest BCUT2D eigenvalue weighted by molar-refractivity contribution is -0.143. The van der Waals surface area contributed by atoms with Gasteiger partial charge in [0, 0.05) is 36.2 Å². The molecular weight excluding hydrogens is 378 g/mol. The van der Waals surface area contributed by atoms with Crippen molar-refractivity contribution in [3.8, 4) is 5.82 Å². The Labute approximate surface area is 146 Å².